The molecule has 0 saturated carbocycles. The van der Waals surface area contributed by atoms with Crippen molar-refractivity contribution in [3.8, 4) is 6.07 Å². The highest BCUT2D eigenvalue weighted by Crippen LogP contribution is 2.37. The number of halogens is 3. The first-order chi connectivity index (χ1) is 7.60. The molecule has 0 bridgehead atoms. The lowest BCUT2D eigenvalue weighted by Crippen LogP contribution is -1.86. The summed E-state index contributed by atoms with van der Waals surface area (Å²) in [5.74, 6) is -0.402. The first-order valence-corrected chi connectivity index (χ1v) is 5.76. The van der Waals surface area contributed by atoms with Crippen LogP contribution in [0.15, 0.2) is 15.0 Å². The molecular formula is C11H6BrClFNO. The molecule has 0 radical (unpaired) electrons. The molecule has 0 aliphatic carbocycles. The van der Waals surface area contributed by atoms with Crippen molar-refractivity contribution in [2.45, 2.75) is 13.3 Å². The Morgan fingerprint density at radius 3 is 2.88 bits per heavy atom. The number of hydrogen-bond donors (Lipinski definition) is 0. The molecule has 2 aromatic rings. The van der Waals surface area contributed by atoms with E-state index in [4.69, 9.17) is 21.3 Å². The van der Waals surface area contributed by atoms with Gasteiger partial charge in [0.05, 0.1) is 14.9 Å². The van der Waals surface area contributed by atoms with Crippen LogP contribution < -0.4 is 0 Å². The van der Waals surface area contributed by atoms with E-state index in [1.807, 2.05) is 13.0 Å². The zero-order chi connectivity index (χ0) is 11.9. The zero-order valence-corrected chi connectivity index (χ0v) is 10.6. The number of benzene rings is 1. The minimum absolute atomic E-state index is 0.0133. The Morgan fingerprint density at radius 2 is 2.31 bits per heavy atom. The van der Waals surface area contributed by atoms with Crippen molar-refractivity contribution in [2.75, 3.05) is 0 Å². The van der Waals surface area contributed by atoms with Crippen LogP contribution in [0.3, 0.4) is 0 Å². The molecule has 0 spiro atoms. The van der Waals surface area contributed by atoms with E-state index in [1.54, 1.807) is 0 Å². The van der Waals surface area contributed by atoms with Crippen LogP contribution in [0.2, 0.25) is 5.02 Å². The fourth-order valence-electron chi connectivity index (χ4n) is 1.65. The summed E-state index contributed by atoms with van der Waals surface area (Å²) in [6, 6.07) is 3.33. The highest BCUT2D eigenvalue weighted by atomic mass is 79.9. The standard InChI is InChI=1S/C11H6BrClFNO/c1-2-5-8(4-15)16-11-6(12)3-7(13)10(14)9(5)11/h3H,2H2,1H3. The highest BCUT2D eigenvalue weighted by Gasteiger charge is 2.20. The van der Waals surface area contributed by atoms with Crippen LogP contribution in [0, 0.1) is 17.1 Å². The Labute approximate surface area is 105 Å². The van der Waals surface area contributed by atoms with Crippen LogP contribution in [0.1, 0.15) is 18.2 Å². The third kappa shape index (κ3) is 1.51. The van der Waals surface area contributed by atoms with Crippen molar-refractivity contribution in [3.63, 3.8) is 0 Å². The van der Waals surface area contributed by atoms with E-state index >= 15 is 0 Å². The van der Waals surface area contributed by atoms with Gasteiger partial charge in [0.25, 0.3) is 0 Å². The van der Waals surface area contributed by atoms with Gasteiger partial charge in [-0.15, -0.1) is 0 Å². The van der Waals surface area contributed by atoms with Gasteiger partial charge in [0, 0.05) is 5.56 Å². The molecule has 0 N–H and O–H groups in total. The third-order valence-corrected chi connectivity index (χ3v) is 3.23. The van der Waals surface area contributed by atoms with Crippen LogP contribution in [0.5, 0.6) is 0 Å². The average molecular weight is 303 g/mol. The van der Waals surface area contributed by atoms with Crippen molar-refractivity contribution in [1.29, 1.82) is 5.26 Å². The van der Waals surface area contributed by atoms with E-state index < -0.39 is 5.82 Å². The fraction of sp³-hybridized carbons (Fsp3) is 0.182. The Morgan fingerprint density at radius 1 is 1.62 bits per heavy atom. The maximum Gasteiger partial charge on any atom is 0.208 e. The second kappa shape index (κ2) is 4.08. The van der Waals surface area contributed by atoms with Crippen molar-refractivity contribution < 1.29 is 8.81 Å². The smallest absolute Gasteiger partial charge is 0.208 e. The van der Waals surface area contributed by atoms with Crippen molar-refractivity contribution >= 4 is 38.5 Å². The lowest BCUT2D eigenvalue weighted by molar-refractivity contribution is 0.590. The van der Waals surface area contributed by atoms with Gasteiger partial charge >= 0.3 is 0 Å². The molecule has 82 valence electrons. The summed E-state index contributed by atoms with van der Waals surface area (Å²) in [5.41, 5.74) is 0.883. The molecule has 1 aromatic heterocycles. The lowest BCUT2D eigenvalue weighted by atomic mass is 10.1. The molecule has 0 amide bonds. The Balaban J connectivity index is 3.00. The van der Waals surface area contributed by atoms with E-state index in [0.717, 1.165) is 0 Å². The fourth-order valence-corrected chi connectivity index (χ4v) is 2.50. The van der Waals surface area contributed by atoms with Crippen LogP contribution in [-0.4, -0.2) is 0 Å². The second-order valence-corrected chi connectivity index (χ2v) is 4.49. The molecule has 1 heterocycles. The molecule has 5 heteroatoms. The molecule has 0 saturated heterocycles. The van der Waals surface area contributed by atoms with Gasteiger partial charge in [-0.1, -0.05) is 18.5 Å². The maximum absolute atomic E-state index is 13.9. The summed E-state index contributed by atoms with van der Waals surface area (Å²) < 4.78 is 19.7. The number of fused-ring (bicyclic) bond motifs is 1. The van der Waals surface area contributed by atoms with E-state index in [1.165, 1.54) is 6.07 Å². The topological polar surface area (TPSA) is 36.9 Å². The third-order valence-electron chi connectivity index (χ3n) is 2.36. The van der Waals surface area contributed by atoms with Gasteiger partial charge in [-0.05, 0) is 28.4 Å². The Kier molecular flexibility index (Phi) is 2.92. The number of hydrogen-bond acceptors (Lipinski definition) is 2. The minimum Gasteiger partial charge on any atom is -0.444 e. The first kappa shape index (κ1) is 11.4. The van der Waals surface area contributed by atoms with Gasteiger partial charge < -0.3 is 4.42 Å². The quantitative estimate of drug-likeness (QED) is 0.731. The SMILES string of the molecule is CCc1c(C#N)oc2c(Br)cc(Cl)c(F)c12. The van der Waals surface area contributed by atoms with E-state index in [-0.39, 0.29) is 10.8 Å². The monoisotopic (exact) mass is 301 g/mol. The largest absolute Gasteiger partial charge is 0.444 e. The van der Waals surface area contributed by atoms with E-state index in [0.29, 0.717) is 27.4 Å². The normalized spacial score (nSPS) is 10.7. The maximum atomic E-state index is 13.9. The molecule has 0 aliphatic heterocycles. The molecule has 0 unspecified atom stereocenters. The average Bonchev–Trinajstić information content (AvgIpc) is 2.64. The van der Waals surface area contributed by atoms with Gasteiger partial charge in [0.15, 0.2) is 11.4 Å². The van der Waals surface area contributed by atoms with Crippen LogP contribution in [0.4, 0.5) is 4.39 Å². The number of nitriles is 1. The van der Waals surface area contributed by atoms with Gasteiger partial charge in [-0.2, -0.15) is 5.26 Å². The molecule has 2 rings (SSSR count). The van der Waals surface area contributed by atoms with Crippen molar-refractivity contribution in [2.24, 2.45) is 0 Å². The zero-order valence-electron chi connectivity index (χ0n) is 8.27. The van der Waals surface area contributed by atoms with Crippen molar-refractivity contribution in [3.05, 3.63) is 32.7 Å². The summed E-state index contributed by atoms with van der Waals surface area (Å²) in [5, 5.41) is 9.19. The molecule has 2 nitrogen and oxygen atoms in total. The Bertz CT molecular complexity index is 615. The van der Waals surface area contributed by atoms with Gasteiger partial charge in [0.1, 0.15) is 6.07 Å². The lowest BCUT2D eigenvalue weighted by Gasteiger charge is -1.99. The number of furan rings is 1. The van der Waals surface area contributed by atoms with Crippen LogP contribution in [-0.2, 0) is 6.42 Å². The Hall–Kier alpha value is -1.05. The molecule has 0 fully saturated rings. The molecular weight excluding hydrogens is 296 g/mol. The minimum atomic E-state index is -0.540. The number of rotatable bonds is 1. The van der Waals surface area contributed by atoms with Crippen LogP contribution >= 0.6 is 27.5 Å². The van der Waals surface area contributed by atoms with Gasteiger partial charge in [-0.3, -0.25) is 0 Å². The number of aryl methyl sites for hydroxylation is 1. The van der Waals surface area contributed by atoms with Gasteiger partial charge in [-0.25, -0.2) is 4.39 Å². The highest BCUT2D eigenvalue weighted by molar-refractivity contribution is 9.10. The number of nitrogens with zero attached hydrogens (tertiary/aromatic N) is 1. The van der Waals surface area contributed by atoms with Crippen LogP contribution in [0.25, 0.3) is 11.0 Å². The summed E-state index contributed by atoms with van der Waals surface area (Å²) >= 11 is 8.98. The second-order valence-electron chi connectivity index (χ2n) is 3.23. The van der Waals surface area contributed by atoms with Crippen molar-refractivity contribution in [1.82, 2.24) is 0 Å². The van der Waals surface area contributed by atoms with E-state index in [9.17, 15) is 4.39 Å². The summed E-state index contributed by atoms with van der Waals surface area (Å²) in [4.78, 5) is 0. The molecule has 0 aliphatic rings. The summed E-state index contributed by atoms with van der Waals surface area (Å²) in [6.45, 7) is 1.83. The van der Waals surface area contributed by atoms with E-state index in [2.05, 4.69) is 15.9 Å². The summed E-state index contributed by atoms with van der Waals surface area (Å²) in [6.07, 6.45) is 0.513. The first-order valence-electron chi connectivity index (χ1n) is 4.59. The predicted molar refractivity (Wildman–Crippen MR) is 63.0 cm³/mol. The van der Waals surface area contributed by atoms with Gasteiger partial charge in [0.2, 0.25) is 5.76 Å². The molecule has 1 aromatic carbocycles. The molecule has 0 atom stereocenters. The predicted octanol–water partition coefficient (Wildman–Crippen LogP) is 4.42. The molecule has 16 heavy (non-hydrogen) atoms. The summed E-state index contributed by atoms with van der Waals surface area (Å²) in [7, 11) is 0.